The van der Waals surface area contributed by atoms with Crippen molar-refractivity contribution >= 4 is 34.8 Å². The summed E-state index contributed by atoms with van der Waals surface area (Å²) >= 11 is 0. The third-order valence-electron chi connectivity index (χ3n) is 8.43. The molecule has 0 aliphatic carbocycles. The molecule has 12 heteroatoms. The number of aromatic nitrogens is 2. The molecule has 0 radical (unpaired) electrons. The fourth-order valence-corrected chi connectivity index (χ4v) is 5.83. The van der Waals surface area contributed by atoms with Crippen LogP contribution in [0, 0.1) is 6.92 Å². The zero-order chi connectivity index (χ0) is 32.4. The Bertz CT molecular complexity index is 1740. The Hall–Kier alpha value is -4.97. The van der Waals surface area contributed by atoms with E-state index < -0.39 is 17.6 Å². The molecule has 0 unspecified atom stereocenters. The van der Waals surface area contributed by atoms with Crippen LogP contribution in [0.15, 0.2) is 79.1 Å². The van der Waals surface area contributed by atoms with E-state index in [9.17, 15) is 22.8 Å². The molecule has 3 amide bonds. The van der Waals surface area contributed by atoms with Gasteiger partial charge in [-0.3, -0.25) is 4.79 Å². The number of hydrogen-bond donors (Lipinski definition) is 1. The summed E-state index contributed by atoms with van der Waals surface area (Å²) in [7, 11) is 2.04. The van der Waals surface area contributed by atoms with Crippen LogP contribution in [0.3, 0.4) is 0 Å². The van der Waals surface area contributed by atoms with E-state index in [1.165, 1.54) is 18.5 Å². The molecule has 0 spiro atoms. The van der Waals surface area contributed by atoms with E-state index in [-0.39, 0.29) is 11.6 Å². The Morgan fingerprint density at radius 3 is 2.39 bits per heavy atom. The number of fused-ring (bicyclic) bond motifs is 1. The number of carbonyl (C=O) groups excluding carboxylic acids is 2. The van der Waals surface area contributed by atoms with E-state index in [1.807, 2.05) is 61.3 Å². The Kier molecular flexibility index (Phi) is 8.63. The molecule has 9 nitrogen and oxygen atoms in total. The number of nitrogens with zero attached hydrogens (tertiary/aromatic N) is 6. The third kappa shape index (κ3) is 6.52. The predicted octanol–water partition coefficient (Wildman–Crippen LogP) is 6.12. The van der Waals surface area contributed by atoms with Crippen LogP contribution in [-0.4, -0.2) is 71.5 Å². The summed E-state index contributed by atoms with van der Waals surface area (Å²) in [5.41, 5.74) is 3.68. The topological polar surface area (TPSA) is 84.9 Å². The zero-order valence-corrected chi connectivity index (χ0v) is 25.6. The second kappa shape index (κ2) is 12.8. The summed E-state index contributed by atoms with van der Waals surface area (Å²) in [6, 6.07) is 19.1. The predicted molar refractivity (Wildman–Crippen MR) is 170 cm³/mol. The molecule has 0 bridgehead atoms. The molecule has 6 rings (SSSR count). The van der Waals surface area contributed by atoms with Crippen molar-refractivity contribution in [2.75, 3.05) is 54.9 Å². The fourth-order valence-electron chi connectivity index (χ4n) is 5.83. The van der Waals surface area contributed by atoms with Crippen LogP contribution in [0.4, 0.5) is 40.8 Å². The molecular formula is C34H34F3N7O2. The van der Waals surface area contributed by atoms with Crippen molar-refractivity contribution in [3.63, 3.8) is 0 Å². The van der Waals surface area contributed by atoms with E-state index in [2.05, 4.69) is 25.1 Å². The molecule has 2 aliphatic heterocycles. The maximum Gasteiger partial charge on any atom is 0.416 e. The SMILES string of the molecule is Cc1ccc(NC(=O)c2cccc(C(F)(F)F)c2)cc1N1CCc2ncnc(N(C(=O)N3CCN(C)CC3)c3ccccc3)c2C1. The standard InChI is InChI=1S/C34H34F3N7O2/c1-23-11-12-26(40-32(45)24-7-6-8-25(19-24)34(35,36)37)20-30(23)43-14-13-29-28(21-43)31(39-22-38-29)44(27-9-4-3-5-10-27)33(46)42-17-15-41(2)16-18-42/h3-12,19-20,22H,13-18,21H2,1-2H3,(H,40,45). The maximum atomic E-state index is 14.1. The number of carbonyl (C=O) groups is 2. The van der Waals surface area contributed by atoms with Gasteiger partial charge in [-0.2, -0.15) is 13.2 Å². The highest BCUT2D eigenvalue weighted by Gasteiger charge is 2.33. The number of alkyl halides is 3. The lowest BCUT2D eigenvalue weighted by Gasteiger charge is -2.37. The highest BCUT2D eigenvalue weighted by Crippen LogP contribution is 2.36. The Balaban J connectivity index is 1.29. The van der Waals surface area contributed by atoms with Crippen LogP contribution < -0.4 is 15.1 Å². The summed E-state index contributed by atoms with van der Waals surface area (Å²) in [6.07, 6.45) is -2.44. The van der Waals surface area contributed by atoms with E-state index >= 15 is 0 Å². The first-order valence-corrected chi connectivity index (χ1v) is 15.1. The molecule has 3 heterocycles. The number of hydrogen-bond acceptors (Lipinski definition) is 6. The van der Waals surface area contributed by atoms with Gasteiger partial charge in [0.05, 0.1) is 16.9 Å². The number of piperazine rings is 1. The highest BCUT2D eigenvalue weighted by atomic mass is 19.4. The Morgan fingerprint density at radius 2 is 1.65 bits per heavy atom. The molecule has 0 atom stereocenters. The van der Waals surface area contributed by atoms with E-state index in [0.717, 1.165) is 47.7 Å². The first-order chi connectivity index (χ1) is 22.1. The van der Waals surface area contributed by atoms with E-state index in [1.54, 1.807) is 11.0 Å². The molecule has 238 valence electrons. The summed E-state index contributed by atoms with van der Waals surface area (Å²) in [5, 5.41) is 2.75. The molecule has 0 saturated carbocycles. The average molecular weight is 630 g/mol. The van der Waals surface area contributed by atoms with Crippen LogP contribution in [0.2, 0.25) is 0 Å². The molecular weight excluding hydrogens is 595 g/mol. The number of halogens is 3. The van der Waals surface area contributed by atoms with Crippen molar-refractivity contribution in [1.82, 2.24) is 19.8 Å². The van der Waals surface area contributed by atoms with Gasteiger partial charge in [-0.25, -0.2) is 19.7 Å². The van der Waals surface area contributed by atoms with Gasteiger partial charge < -0.3 is 20.0 Å². The number of likely N-dealkylation sites (N-methyl/N-ethyl adjacent to an activating group) is 1. The number of rotatable bonds is 5. The quantitative estimate of drug-likeness (QED) is 0.286. The number of nitrogens with one attached hydrogen (secondary N) is 1. The molecule has 1 aromatic heterocycles. The first-order valence-electron chi connectivity index (χ1n) is 15.1. The van der Waals surface area contributed by atoms with Crippen LogP contribution in [0.25, 0.3) is 0 Å². The van der Waals surface area contributed by atoms with Gasteiger partial charge in [0.2, 0.25) is 0 Å². The van der Waals surface area contributed by atoms with Gasteiger partial charge in [-0.1, -0.05) is 30.3 Å². The largest absolute Gasteiger partial charge is 0.416 e. The number of anilines is 4. The number of benzene rings is 3. The normalized spacial score (nSPS) is 15.3. The van der Waals surface area contributed by atoms with Crippen molar-refractivity contribution in [3.05, 3.63) is 107 Å². The van der Waals surface area contributed by atoms with E-state index in [0.29, 0.717) is 49.8 Å². The summed E-state index contributed by atoms with van der Waals surface area (Å²) in [4.78, 5) is 44.1. The molecule has 1 saturated heterocycles. The minimum atomic E-state index is -4.55. The zero-order valence-electron chi connectivity index (χ0n) is 25.6. The molecule has 1 N–H and O–H groups in total. The molecule has 46 heavy (non-hydrogen) atoms. The Labute approximate surface area is 265 Å². The van der Waals surface area contributed by atoms with Gasteiger partial charge in [-0.15, -0.1) is 0 Å². The summed E-state index contributed by atoms with van der Waals surface area (Å²) in [5.74, 6) is -0.113. The molecule has 3 aromatic carbocycles. The van der Waals surface area contributed by atoms with Crippen molar-refractivity contribution in [1.29, 1.82) is 0 Å². The van der Waals surface area contributed by atoms with Crippen LogP contribution in [0.1, 0.15) is 32.7 Å². The van der Waals surface area contributed by atoms with Crippen molar-refractivity contribution < 1.29 is 22.8 Å². The Morgan fingerprint density at radius 1 is 0.891 bits per heavy atom. The van der Waals surface area contributed by atoms with Crippen LogP contribution in [-0.2, 0) is 19.1 Å². The van der Waals surface area contributed by atoms with Gasteiger partial charge in [0, 0.05) is 68.2 Å². The molecule has 4 aromatic rings. The first kappa shape index (κ1) is 31.0. The van der Waals surface area contributed by atoms with E-state index in [4.69, 9.17) is 0 Å². The van der Waals surface area contributed by atoms with Crippen LogP contribution in [0.5, 0.6) is 0 Å². The molecule has 2 aliphatic rings. The van der Waals surface area contributed by atoms with Crippen molar-refractivity contribution in [2.45, 2.75) is 26.1 Å². The van der Waals surface area contributed by atoms with Gasteiger partial charge in [0.1, 0.15) is 12.1 Å². The fraction of sp³-hybridized carbons (Fsp3) is 0.294. The average Bonchev–Trinajstić information content (AvgIpc) is 3.06. The number of para-hydroxylation sites is 1. The number of urea groups is 1. The summed E-state index contributed by atoms with van der Waals surface area (Å²) in [6.45, 7) is 5.78. The van der Waals surface area contributed by atoms with Crippen molar-refractivity contribution in [2.24, 2.45) is 0 Å². The third-order valence-corrected chi connectivity index (χ3v) is 8.43. The number of amides is 3. The van der Waals surface area contributed by atoms with Gasteiger partial charge in [-0.05, 0) is 62.0 Å². The highest BCUT2D eigenvalue weighted by molar-refractivity contribution is 6.04. The minimum absolute atomic E-state index is 0.0864. The maximum absolute atomic E-state index is 14.1. The lowest BCUT2D eigenvalue weighted by atomic mass is 10.0. The van der Waals surface area contributed by atoms with Gasteiger partial charge >= 0.3 is 12.2 Å². The minimum Gasteiger partial charge on any atom is -0.366 e. The second-order valence-corrected chi connectivity index (χ2v) is 11.6. The number of aryl methyl sites for hydroxylation is 1. The smallest absolute Gasteiger partial charge is 0.366 e. The van der Waals surface area contributed by atoms with Crippen LogP contribution >= 0.6 is 0 Å². The monoisotopic (exact) mass is 629 g/mol. The second-order valence-electron chi connectivity index (χ2n) is 11.6. The lowest BCUT2D eigenvalue weighted by Crippen LogP contribution is -2.51. The lowest BCUT2D eigenvalue weighted by molar-refractivity contribution is -0.137. The van der Waals surface area contributed by atoms with Crippen molar-refractivity contribution in [3.8, 4) is 0 Å². The summed E-state index contributed by atoms with van der Waals surface area (Å²) < 4.78 is 39.7. The van der Waals surface area contributed by atoms with Gasteiger partial charge in [0.25, 0.3) is 5.91 Å². The van der Waals surface area contributed by atoms with Gasteiger partial charge in [0.15, 0.2) is 0 Å². The molecule has 1 fully saturated rings.